The number of rotatable bonds is 5. The molecule has 4 N–H and O–H groups in total. The van der Waals surface area contributed by atoms with Crippen LogP contribution in [-0.2, 0) is 23.1 Å². The maximum atomic E-state index is 11.2. The highest BCUT2D eigenvalue weighted by atomic mass is 31.2. The fourth-order valence-electron chi connectivity index (χ4n) is 1.05. The van der Waals surface area contributed by atoms with Gasteiger partial charge in [0.15, 0.2) is 11.9 Å². The van der Waals surface area contributed by atoms with Crippen molar-refractivity contribution in [2.24, 2.45) is 0 Å². The van der Waals surface area contributed by atoms with Crippen LogP contribution < -0.4 is 0 Å². The minimum Gasteiger partial charge on any atom is -0.505 e. The van der Waals surface area contributed by atoms with Crippen molar-refractivity contribution in [2.75, 3.05) is 13.7 Å². The fourth-order valence-corrected chi connectivity index (χ4v) is 1.52. The molecule has 0 amide bonds. The monoisotopic (exact) mass is 300 g/mol. The SMILES string of the molecule is CC.COP(=O)(O)OC1=C(O)C(C(O)CO)OC1=O. The first-order valence-electron chi connectivity index (χ1n) is 5.33. The molecule has 0 saturated carbocycles. The number of phosphoric ester groups is 1. The van der Waals surface area contributed by atoms with Gasteiger partial charge in [0.05, 0.1) is 6.61 Å². The summed E-state index contributed by atoms with van der Waals surface area (Å²) in [7, 11) is -3.67. The number of esters is 1. The van der Waals surface area contributed by atoms with Crippen LogP contribution in [0.4, 0.5) is 0 Å². The van der Waals surface area contributed by atoms with Crippen LogP contribution in [0.3, 0.4) is 0 Å². The molecule has 1 aliphatic heterocycles. The van der Waals surface area contributed by atoms with Gasteiger partial charge in [-0.3, -0.25) is 9.42 Å². The van der Waals surface area contributed by atoms with Crippen molar-refractivity contribution in [3.63, 3.8) is 0 Å². The van der Waals surface area contributed by atoms with Gasteiger partial charge in [0, 0.05) is 7.11 Å². The van der Waals surface area contributed by atoms with Crippen LogP contribution in [0, 0.1) is 0 Å². The minimum absolute atomic E-state index is 0.781. The molecule has 0 aromatic heterocycles. The first kappa shape index (κ1) is 17.9. The minimum atomic E-state index is -4.53. The standard InChI is InChI=1S/C7H11O9P.C2H6/c1-14-17(12,13)16-6-4(10)5(3(9)2-8)15-7(6)11;1-2/h3,5,8-10H,2H2,1H3,(H,12,13);1-2H3. The van der Waals surface area contributed by atoms with E-state index in [0.29, 0.717) is 0 Å². The molecule has 0 saturated heterocycles. The lowest BCUT2D eigenvalue weighted by Gasteiger charge is -2.14. The Bertz CT molecular complexity index is 391. The van der Waals surface area contributed by atoms with Crippen LogP contribution in [0.15, 0.2) is 11.5 Å². The van der Waals surface area contributed by atoms with Crippen LogP contribution >= 0.6 is 7.82 Å². The van der Waals surface area contributed by atoms with E-state index < -0.39 is 44.1 Å². The van der Waals surface area contributed by atoms with Gasteiger partial charge in [-0.1, -0.05) is 13.8 Å². The number of phosphoric acid groups is 1. The van der Waals surface area contributed by atoms with E-state index in [0.717, 1.165) is 7.11 Å². The van der Waals surface area contributed by atoms with E-state index >= 15 is 0 Å². The van der Waals surface area contributed by atoms with Gasteiger partial charge in [0.1, 0.15) is 6.10 Å². The Morgan fingerprint density at radius 1 is 1.47 bits per heavy atom. The van der Waals surface area contributed by atoms with E-state index in [1.54, 1.807) is 0 Å². The molecule has 0 aliphatic carbocycles. The maximum absolute atomic E-state index is 11.2. The molecule has 0 bridgehead atoms. The van der Waals surface area contributed by atoms with Crippen molar-refractivity contribution in [1.29, 1.82) is 0 Å². The molecular formula is C9H17O9P. The van der Waals surface area contributed by atoms with Crippen molar-refractivity contribution in [3.05, 3.63) is 11.5 Å². The summed E-state index contributed by atoms with van der Waals surface area (Å²) in [6.07, 6.45) is -3.11. The molecule has 0 spiro atoms. The number of ether oxygens (including phenoxy) is 1. The van der Waals surface area contributed by atoms with Crippen molar-refractivity contribution < 1.29 is 43.4 Å². The highest BCUT2D eigenvalue weighted by Crippen LogP contribution is 2.46. The predicted molar refractivity (Wildman–Crippen MR) is 61.9 cm³/mol. The van der Waals surface area contributed by atoms with Crippen LogP contribution in [-0.4, -0.2) is 52.1 Å². The molecule has 19 heavy (non-hydrogen) atoms. The summed E-state index contributed by atoms with van der Waals surface area (Å²) >= 11 is 0. The first-order valence-corrected chi connectivity index (χ1v) is 6.83. The van der Waals surface area contributed by atoms with Gasteiger partial charge >= 0.3 is 13.8 Å². The zero-order valence-corrected chi connectivity index (χ0v) is 11.5. The fraction of sp³-hybridized carbons (Fsp3) is 0.667. The number of aliphatic hydroxyl groups excluding tert-OH is 3. The summed E-state index contributed by atoms with van der Waals surface area (Å²) in [5, 5.41) is 27.2. The molecule has 0 fully saturated rings. The molecule has 0 radical (unpaired) electrons. The Morgan fingerprint density at radius 2 is 2.00 bits per heavy atom. The summed E-state index contributed by atoms with van der Waals surface area (Å²) in [6, 6.07) is 0. The van der Waals surface area contributed by atoms with Crippen molar-refractivity contribution >= 4 is 13.8 Å². The molecule has 3 unspecified atom stereocenters. The van der Waals surface area contributed by atoms with E-state index in [-0.39, 0.29) is 0 Å². The molecule has 1 heterocycles. The summed E-state index contributed by atoms with van der Waals surface area (Å²) < 4.78 is 23.8. The molecule has 3 atom stereocenters. The lowest BCUT2D eigenvalue weighted by Crippen LogP contribution is -2.31. The average Bonchev–Trinajstić information content (AvgIpc) is 2.68. The zero-order valence-electron chi connectivity index (χ0n) is 10.6. The van der Waals surface area contributed by atoms with Crippen molar-refractivity contribution in [2.45, 2.75) is 26.1 Å². The second-order valence-corrected chi connectivity index (χ2v) is 4.52. The van der Waals surface area contributed by atoms with E-state index in [2.05, 4.69) is 13.8 Å². The zero-order chi connectivity index (χ0) is 15.2. The quantitative estimate of drug-likeness (QED) is 0.401. The van der Waals surface area contributed by atoms with E-state index in [1.165, 1.54) is 0 Å². The van der Waals surface area contributed by atoms with Gasteiger partial charge < -0.3 is 24.6 Å². The summed E-state index contributed by atoms with van der Waals surface area (Å²) in [5.41, 5.74) is 0. The third kappa shape index (κ3) is 4.48. The normalized spacial score (nSPS) is 23.1. The van der Waals surface area contributed by atoms with Crippen molar-refractivity contribution in [3.8, 4) is 0 Å². The Labute approximate surface area is 109 Å². The Morgan fingerprint density at radius 3 is 2.42 bits per heavy atom. The second kappa shape index (κ2) is 7.46. The highest BCUT2D eigenvalue weighted by Gasteiger charge is 2.43. The van der Waals surface area contributed by atoms with Crippen LogP contribution in [0.5, 0.6) is 0 Å². The third-order valence-electron chi connectivity index (χ3n) is 1.90. The molecule has 0 aromatic carbocycles. The largest absolute Gasteiger partial charge is 0.527 e. The summed E-state index contributed by atoms with van der Waals surface area (Å²) in [4.78, 5) is 20.1. The Kier molecular flexibility index (Phi) is 7.02. The van der Waals surface area contributed by atoms with Crippen LogP contribution in [0.2, 0.25) is 0 Å². The number of cyclic esters (lactones) is 1. The molecule has 9 nitrogen and oxygen atoms in total. The number of carbonyl (C=O) groups excluding carboxylic acids is 1. The average molecular weight is 300 g/mol. The number of hydrogen-bond acceptors (Lipinski definition) is 8. The van der Waals surface area contributed by atoms with E-state index in [4.69, 9.17) is 10.00 Å². The molecule has 1 rings (SSSR count). The van der Waals surface area contributed by atoms with E-state index in [9.17, 15) is 19.6 Å². The lowest BCUT2D eigenvalue weighted by atomic mass is 10.2. The molecule has 112 valence electrons. The second-order valence-electron chi connectivity index (χ2n) is 3.03. The summed E-state index contributed by atoms with van der Waals surface area (Å²) in [5.74, 6) is -3.07. The number of hydrogen-bond donors (Lipinski definition) is 4. The van der Waals surface area contributed by atoms with Crippen LogP contribution in [0.25, 0.3) is 0 Å². The van der Waals surface area contributed by atoms with Gasteiger partial charge in [-0.15, -0.1) is 0 Å². The van der Waals surface area contributed by atoms with Gasteiger partial charge in [-0.05, 0) is 0 Å². The number of carbonyl (C=O) groups is 1. The Hall–Kier alpha value is -1.12. The highest BCUT2D eigenvalue weighted by molar-refractivity contribution is 7.47. The van der Waals surface area contributed by atoms with Gasteiger partial charge in [0.2, 0.25) is 0 Å². The molecule has 1 aliphatic rings. The number of aliphatic hydroxyl groups is 3. The van der Waals surface area contributed by atoms with Crippen molar-refractivity contribution in [1.82, 2.24) is 0 Å². The molecule has 0 aromatic rings. The van der Waals surface area contributed by atoms with Gasteiger partial charge in [-0.25, -0.2) is 9.36 Å². The topological polar surface area (TPSA) is 143 Å². The molecule has 10 heteroatoms. The van der Waals surface area contributed by atoms with E-state index in [1.807, 2.05) is 13.8 Å². The smallest absolute Gasteiger partial charge is 0.505 e. The Balaban J connectivity index is 0.00000154. The third-order valence-corrected chi connectivity index (χ3v) is 2.77. The van der Waals surface area contributed by atoms with Gasteiger partial charge in [0.25, 0.3) is 5.76 Å². The predicted octanol–water partition coefficient (Wildman–Crippen LogP) is -0.176. The molecular weight excluding hydrogens is 283 g/mol. The van der Waals surface area contributed by atoms with Crippen LogP contribution in [0.1, 0.15) is 13.8 Å². The maximum Gasteiger partial charge on any atom is 0.527 e. The summed E-state index contributed by atoms with van der Waals surface area (Å²) in [6.45, 7) is 3.22. The first-order chi connectivity index (χ1) is 8.82. The lowest BCUT2D eigenvalue weighted by molar-refractivity contribution is -0.147. The van der Waals surface area contributed by atoms with Gasteiger partial charge in [-0.2, -0.15) is 0 Å².